The molecule has 0 radical (unpaired) electrons. The molecule has 9 heterocycles. The number of fused-ring (bicyclic) bond motifs is 13. The predicted molar refractivity (Wildman–Crippen MR) is 301 cm³/mol. The van der Waals surface area contributed by atoms with Crippen LogP contribution < -0.4 is 9.13 Å². The van der Waals surface area contributed by atoms with Gasteiger partial charge in [0.1, 0.15) is 33.5 Å². The molecule has 0 bridgehead atoms. The van der Waals surface area contributed by atoms with E-state index in [2.05, 4.69) is 251 Å². The Morgan fingerprint density at radius 1 is 0.338 bits per heavy atom. The highest BCUT2D eigenvalue weighted by atomic mass is 15.4. The van der Waals surface area contributed by atoms with Crippen molar-refractivity contribution in [2.45, 2.75) is 33.4 Å². The average Bonchev–Trinajstić information content (AvgIpc) is 4.15. The van der Waals surface area contributed by atoms with Gasteiger partial charge in [-0.15, -0.1) is 0 Å². The van der Waals surface area contributed by atoms with Gasteiger partial charge < -0.3 is 4.57 Å². The number of rotatable bonds is 4. The molecule has 9 aromatic carbocycles. The minimum Gasteiger partial charge on any atom is -0.308 e. The molecule has 0 saturated carbocycles. The van der Waals surface area contributed by atoms with Crippen molar-refractivity contribution >= 4 is 65.7 Å². The van der Waals surface area contributed by atoms with Crippen LogP contribution in [0.2, 0.25) is 0 Å². The molecule has 5 nitrogen and oxygen atoms in total. The molecule has 4 aliphatic heterocycles. The second-order valence-corrected chi connectivity index (χ2v) is 21.4. The molecule has 0 aliphatic carbocycles. The second kappa shape index (κ2) is 13.2. The zero-order chi connectivity index (χ0) is 48.6. The number of benzene rings is 9. The third kappa shape index (κ3) is 4.33. The Kier molecular flexibility index (Phi) is 7.01. The van der Waals surface area contributed by atoms with Crippen LogP contribution in [-0.2, 0) is 5.66 Å². The molecule has 1 atom stereocenters. The van der Waals surface area contributed by atoms with Crippen molar-refractivity contribution in [2.24, 2.45) is 0 Å². The van der Waals surface area contributed by atoms with E-state index in [1.165, 1.54) is 172 Å². The lowest BCUT2D eigenvalue weighted by molar-refractivity contribution is -0.920. The Morgan fingerprint density at radius 3 is 1.26 bits per heavy atom. The molecule has 5 heteroatoms. The molecule has 0 N–H and O–H groups in total. The molecule has 344 valence electrons. The van der Waals surface area contributed by atoms with Gasteiger partial charge in [0.05, 0.1) is 27.5 Å². The molecule has 74 heavy (non-hydrogen) atoms. The lowest BCUT2D eigenvalue weighted by Gasteiger charge is -2.39. The van der Waals surface area contributed by atoms with E-state index in [0.29, 0.717) is 0 Å². The normalized spacial score (nSPS) is 15.1. The van der Waals surface area contributed by atoms with Crippen molar-refractivity contribution in [2.75, 3.05) is 0 Å². The summed E-state index contributed by atoms with van der Waals surface area (Å²) in [5.74, 6) is 0. The van der Waals surface area contributed by atoms with Gasteiger partial charge in [-0.25, -0.2) is 0 Å². The number of hydrogen-bond donors (Lipinski definition) is 0. The van der Waals surface area contributed by atoms with E-state index in [0.717, 1.165) is 0 Å². The topological polar surface area (TPSA) is 22.5 Å². The Balaban J connectivity index is 1.09. The fraction of sp³-hybridized carbons (Fsp3) is 0.0725. The molecule has 4 aliphatic rings. The van der Waals surface area contributed by atoms with Gasteiger partial charge in [-0.1, -0.05) is 133 Å². The first-order chi connectivity index (χ1) is 36.4. The Morgan fingerprint density at radius 2 is 0.757 bits per heavy atom. The summed E-state index contributed by atoms with van der Waals surface area (Å²) < 4.78 is 13.5. The van der Waals surface area contributed by atoms with Crippen molar-refractivity contribution in [3.8, 4) is 73.0 Å². The van der Waals surface area contributed by atoms with Gasteiger partial charge in [0.2, 0.25) is 0 Å². The molecule has 0 amide bonds. The lowest BCUT2D eigenvalue weighted by atomic mass is 9.80. The van der Waals surface area contributed by atoms with Crippen LogP contribution >= 0.6 is 0 Å². The van der Waals surface area contributed by atoms with Gasteiger partial charge in [0.25, 0.3) is 0 Å². The second-order valence-electron chi connectivity index (χ2n) is 21.4. The van der Waals surface area contributed by atoms with Crippen LogP contribution in [0.25, 0.3) is 139 Å². The highest BCUT2D eigenvalue weighted by Gasteiger charge is 2.69. The van der Waals surface area contributed by atoms with E-state index in [-0.39, 0.29) is 0 Å². The quantitative estimate of drug-likeness (QED) is 0.157. The van der Waals surface area contributed by atoms with Crippen LogP contribution in [-0.4, -0.2) is 13.7 Å². The highest BCUT2D eigenvalue weighted by Crippen LogP contribution is 2.59. The van der Waals surface area contributed by atoms with Crippen molar-refractivity contribution in [3.05, 3.63) is 234 Å². The zero-order valence-electron chi connectivity index (χ0n) is 41.3. The van der Waals surface area contributed by atoms with E-state index in [1.54, 1.807) is 0 Å². The smallest absolute Gasteiger partial charge is 0.308 e. The molecule has 5 aromatic heterocycles. The molecule has 1 unspecified atom stereocenters. The molecule has 0 saturated heterocycles. The monoisotopic (exact) mass is 943 g/mol. The first-order valence-corrected chi connectivity index (χ1v) is 26.0. The van der Waals surface area contributed by atoms with E-state index >= 15 is 0 Å². The first-order valence-electron chi connectivity index (χ1n) is 26.0. The summed E-state index contributed by atoms with van der Waals surface area (Å²) >= 11 is 0. The van der Waals surface area contributed by atoms with Gasteiger partial charge in [0, 0.05) is 32.7 Å². The molecule has 0 fully saturated rings. The summed E-state index contributed by atoms with van der Waals surface area (Å²) in [4.78, 5) is 0. The van der Waals surface area contributed by atoms with Crippen LogP contribution in [0.5, 0.6) is 0 Å². The van der Waals surface area contributed by atoms with Gasteiger partial charge in [0.15, 0.2) is 11.4 Å². The number of pyridine rings is 2. The van der Waals surface area contributed by atoms with Crippen LogP contribution in [0.3, 0.4) is 0 Å². The maximum Gasteiger partial charge on any atom is 0.319 e. The summed E-state index contributed by atoms with van der Waals surface area (Å²) in [6.45, 7) is 9.29. The van der Waals surface area contributed by atoms with E-state index in [4.69, 9.17) is 0 Å². The minimum atomic E-state index is -0.791. The molecular formula is C69H45N5+2. The van der Waals surface area contributed by atoms with Crippen LogP contribution in [0.1, 0.15) is 33.4 Å². The lowest BCUT2D eigenvalue weighted by Crippen LogP contribution is -2.75. The van der Waals surface area contributed by atoms with Crippen LogP contribution in [0, 0.1) is 27.7 Å². The van der Waals surface area contributed by atoms with Gasteiger partial charge >= 0.3 is 17.0 Å². The SMILES string of the molecule is Cc1cc(-c2ccccc2)cc(C)c1-c1cc2[n+]3c4c1c1ccccc1n4-c1cccc4c1C31c3c(ccc5c6ccccc6n-4c35)-n3c4ccccc4c4c(-c5c(C)cc(-c6ccccc6)cc5C)cc-2[n+]1c43. The maximum atomic E-state index is 2.82. The third-order valence-corrected chi connectivity index (χ3v) is 17.7. The molecular weight excluding hydrogens is 899 g/mol. The van der Waals surface area contributed by atoms with E-state index in [1.807, 2.05) is 0 Å². The van der Waals surface area contributed by atoms with Crippen molar-refractivity contribution in [1.82, 2.24) is 13.7 Å². The van der Waals surface area contributed by atoms with Gasteiger partial charge in [-0.2, -0.15) is 18.3 Å². The number of nitrogens with zero attached hydrogens (tertiary/aromatic N) is 5. The van der Waals surface area contributed by atoms with E-state index in [9.17, 15) is 0 Å². The van der Waals surface area contributed by atoms with Crippen molar-refractivity contribution in [1.29, 1.82) is 0 Å². The molecule has 18 rings (SSSR count). The highest BCUT2D eigenvalue weighted by molar-refractivity contribution is 6.19. The van der Waals surface area contributed by atoms with Gasteiger partial charge in [-0.05, 0) is 150 Å². The minimum absolute atomic E-state index is 0.791. The fourth-order valence-electron chi connectivity index (χ4n) is 15.2. The summed E-state index contributed by atoms with van der Waals surface area (Å²) in [7, 11) is 0. The van der Waals surface area contributed by atoms with Crippen molar-refractivity contribution < 1.29 is 9.13 Å². The number of para-hydroxylation sites is 3. The molecule has 1 spiro atoms. The Bertz CT molecular complexity index is 4920. The summed E-state index contributed by atoms with van der Waals surface area (Å²) in [5.41, 5.74) is 30.5. The van der Waals surface area contributed by atoms with E-state index < -0.39 is 5.66 Å². The predicted octanol–water partition coefficient (Wildman–Crippen LogP) is 15.7. The van der Waals surface area contributed by atoms with Crippen LogP contribution in [0.15, 0.2) is 200 Å². The van der Waals surface area contributed by atoms with Crippen LogP contribution in [0.4, 0.5) is 0 Å². The summed E-state index contributed by atoms with van der Waals surface area (Å²) in [6.07, 6.45) is 0. The number of aromatic nitrogens is 5. The first kappa shape index (κ1) is 39.3. The number of aryl methyl sites for hydroxylation is 4. The Labute approximate surface area is 426 Å². The standard InChI is InChI=1S/C69H45N5/c1-38-32-44(42-18-7-5-8-19-42)33-39(2)60(38)50-36-58-59-37-51(61-40(3)34-45(35-41(61)4)43-20-9-6-10-21-43)63-49-24-13-16-27-54(49)72-57-31-30-47-46-22-11-14-25-52(46)70-55-28-17-29-56-64(55)69(65(57)66(47)70,74(59)68(63)72)73(58)67-62(50)48-23-12-15-26-53(48)71(56)67/h5-37H,1-4H3/q+2. The summed E-state index contributed by atoms with van der Waals surface area (Å²) in [6, 6.07) is 75.9. The van der Waals surface area contributed by atoms with Gasteiger partial charge in [-0.3, -0.25) is 0 Å². The summed E-state index contributed by atoms with van der Waals surface area (Å²) in [5, 5.41) is 7.64. The zero-order valence-corrected chi connectivity index (χ0v) is 41.3. The number of hydrogen-bond acceptors (Lipinski definition) is 0. The third-order valence-electron chi connectivity index (χ3n) is 17.7. The fourth-order valence-corrected chi connectivity index (χ4v) is 15.2. The Hall–Kier alpha value is -9.32. The largest absolute Gasteiger partial charge is 0.319 e. The average molecular weight is 944 g/mol. The van der Waals surface area contributed by atoms with Crippen molar-refractivity contribution in [3.63, 3.8) is 0 Å². The maximum absolute atomic E-state index is 2.82. The molecule has 14 aromatic rings.